The Kier molecular flexibility index (Phi) is 7.76. The normalized spacial score (nSPS) is 18.7. The molecule has 2 atom stereocenters. The van der Waals surface area contributed by atoms with Gasteiger partial charge in [-0.25, -0.2) is 0 Å². The molecule has 0 aromatic heterocycles. The van der Waals surface area contributed by atoms with Crippen molar-refractivity contribution in [1.29, 1.82) is 0 Å². The number of rotatable bonds is 9. The number of carbonyl (C=O) groups excluding carboxylic acids is 2. The lowest BCUT2D eigenvalue weighted by Crippen LogP contribution is -2.43. The molecule has 0 saturated heterocycles. The van der Waals surface area contributed by atoms with Crippen molar-refractivity contribution in [2.24, 2.45) is 23.5 Å². The van der Waals surface area contributed by atoms with E-state index < -0.39 is 0 Å². The summed E-state index contributed by atoms with van der Waals surface area (Å²) in [7, 11) is 0. The zero-order valence-electron chi connectivity index (χ0n) is 13.9. The van der Waals surface area contributed by atoms with Crippen LogP contribution in [-0.2, 0) is 9.59 Å². The van der Waals surface area contributed by atoms with Gasteiger partial charge < -0.3 is 11.1 Å². The SMILES string of the molecule is CCCC[C@H](C(N)=O)C(CC1CCCC1)C(=O)NC(C)C. The molecular weight excluding hydrogens is 264 g/mol. The Bertz CT molecular complexity index is 336. The highest BCUT2D eigenvalue weighted by Crippen LogP contribution is 2.34. The second-order valence-electron chi connectivity index (χ2n) is 6.81. The molecule has 21 heavy (non-hydrogen) atoms. The molecule has 0 radical (unpaired) electrons. The maximum absolute atomic E-state index is 12.5. The third kappa shape index (κ3) is 6.06. The van der Waals surface area contributed by atoms with Gasteiger partial charge in [0.15, 0.2) is 0 Å². The number of hydrogen-bond acceptors (Lipinski definition) is 2. The van der Waals surface area contributed by atoms with Crippen LogP contribution in [0.1, 0.15) is 72.1 Å². The van der Waals surface area contributed by atoms with Gasteiger partial charge in [0.1, 0.15) is 0 Å². The fourth-order valence-electron chi connectivity index (χ4n) is 3.42. The van der Waals surface area contributed by atoms with Crippen LogP contribution in [0.25, 0.3) is 0 Å². The van der Waals surface area contributed by atoms with Crippen LogP contribution in [0.15, 0.2) is 0 Å². The molecule has 1 saturated carbocycles. The summed E-state index contributed by atoms with van der Waals surface area (Å²) in [6.07, 6.45) is 8.38. The molecule has 1 rings (SSSR count). The van der Waals surface area contributed by atoms with Gasteiger partial charge in [0.25, 0.3) is 0 Å². The first-order valence-electron chi connectivity index (χ1n) is 8.55. The van der Waals surface area contributed by atoms with E-state index >= 15 is 0 Å². The predicted molar refractivity (Wildman–Crippen MR) is 85.6 cm³/mol. The Morgan fingerprint density at radius 3 is 2.29 bits per heavy atom. The Balaban J connectivity index is 2.79. The van der Waals surface area contributed by atoms with Gasteiger partial charge in [-0.3, -0.25) is 9.59 Å². The van der Waals surface area contributed by atoms with Crippen molar-refractivity contribution in [3.8, 4) is 0 Å². The molecule has 0 aromatic carbocycles. The number of hydrogen-bond donors (Lipinski definition) is 2. The maximum Gasteiger partial charge on any atom is 0.224 e. The van der Waals surface area contributed by atoms with E-state index in [-0.39, 0.29) is 29.7 Å². The van der Waals surface area contributed by atoms with Gasteiger partial charge in [0.2, 0.25) is 11.8 Å². The first-order chi connectivity index (χ1) is 9.95. The molecule has 122 valence electrons. The molecule has 1 aliphatic rings. The van der Waals surface area contributed by atoms with Crippen molar-refractivity contribution in [2.75, 3.05) is 0 Å². The van der Waals surface area contributed by atoms with Crippen LogP contribution in [0.3, 0.4) is 0 Å². The fraction of sp³-hybridized carbons (Fsp3) is 0.882. The van der Waals surface area contributed by atoms with E-state index in [1.54, 1.807) is 0 Å². The molecule has 4 heteroatoms. The van der Waals surface area contributed by atoms with Crippen LogP contribution >= 0.6 is 0 Å². The van der Waals surface area contributed by atoms with E-state index in [0.717, 1.165) is 25.7 Å². The highest BCUT2D eigenvalue weighted by molar-refractivity contribution is 5.87. The van der Waals surface area contributed by atoms with Crippen LogP contribution in [0.2, 0.25) is 0 Å². The van der Waals surface area contributed by atoms with E-state index in [1.165, 1.54) is 25.7 Å². The summed E-state index contributed by atoms with van der Waals surface area (Å²) in [6, 6.07) is 0.100. The third-order valence-corrected chi connectivity index (χ3v) is 4.55. The lowest BCUT2D eigenvalue weighted by molar-refractivity contribution is -0.134. The monoisotopic (exact) mass is 296 g/mol. The van der Waals surface area contributed by atoms with Crippen LogP contribution in [0.4, 0.5) is 0 Å². The number of nitrogens with two attached hydrogens (primary N) is 1. The lowest BCUT2D eigenvalue weighted by Gasteiger charge is -2.27. The first-order valence-corrected chi connectivity index (χ1v) is 8.55. The van der Waals surface area contributed by atoms with Gasteiger partial charge in [-0.1, -0.05) is 45.4 Å². The van der Waals surface area contributed by atoms with Crippen molar-refractivity contribution in [1.82, 2.24) is 5.32 Å². The number of primary amides is 1. The van der Waals surface area contributed by atoms with E-state index in [2.05, 4.69) is 12.2 Å². The fourth-order valence-corrected chi connectivity index (χ4v) is 3.42. The zero-order chi connectivity index (χ0) is 15.8. The summed E-state index contributed by atoms with van der Waals surface area (Å²) in [5.41, 5.74) is 5.60. The van der Waals surface area contributed by atoms with Crippen molar-refractivity contribution in [3.63, 3.8) is 0 Å². The van der Waals surface area contributed by atoms with Crippen molar-refractivity contribution >= 4 is 11.8 Å². The Morgan fingerprint density at radius 1 is 1.19 bits per heavy atom. The second-order valence-corrected chi connectivity index (χ2v) is 6.81. The minimum absolute atomic E-state index is 0.0109. The molecule has 1 aliphatic carbocycles. The lowest BCUT2D eigenvalue weighted by atomic mass is 9.80. The summed E-state index contributed by atoms with van der Waals surface area (Å²) >= 11 is 0. The summed E-state index contributed by atoms with van der Waals surface area (Å²) in [5, 5.41) is 2.98. The molecular formula is C17H32N2O2. The molecule has 3 N–H and O–H groups in total. The Morgan fingerprint density at radius 2 is 1.81 bits per heavy atom. The first kappa shape index (κ1) is 18.0. The molecule has 0 aliphatic heterocycles. The Labute approximate surface area is 129 Å². The van der Waals surface area contributed by atoms with Crippen LogP contribution in [0, 0.1) is 17.8 Å². The van der Waals surface area contributed by atoms with Crippen LogP contribution < -0.4 is 11.1 Å². The minimum Gasteiger partial charge on any atom is -0.369 e. The van der Waals surface area contributed by atoms with Gasteiger partial charge in [0, 0.05) is 17.9 Å². The van der Waals surface area contributed by atoms with Crippen LogP contribution in [-0.4, -0.2) is 17.9 Å². The van der Waals surface area contributed by atoms with Crippen LogP contribution in [0.5, 0.6) is 0 Å². The standard InChI is InChI=1S/C17H32N2O2/c1-4-5-10-14(16(18)20)15(17(21)19-12(2)3)11-13-8-6-7-9-13/h12-15H,4-11H2,1-3H3,(H2,18,20)(H,19,21)/t14-,15?/m0/s1. The molecule has 1 fully saturated rings. The van der Waals surface area contributed by atoms with E-state index in [9.17, 15) is 9.59 Å². The minimum atomic E-state index is -0.315. The average molecular weight is 296 g/mol. The predicted octanol–water partition coefficient (Wildman–Crippen LogP) is 3.00. The number of carbonyl (C=O) groups is 2. The average Bonchev–Trinajstić information content (AvgIpc) is 2.89. The van der Waals surface area contributed by atoms with Gasteiger partial charge >= 0.3 is 0 Å². The summed E-state index contributed by atoms with van der Waals surface area (Å²) < 4.78 is 0. The molecule has 0 aromatic rings. The van der Waals surface area contributed by atoms with Gasteiger partial charge in [-0.2, -0.15) is 0 Å². The van der Waals surface area contributed by atoms with E-state index in [4.69, 9.17) is 5.73 Å². The van der Waals surface area contributed by atoms with E-state index in [1.807, 2.05) is 13.8 Å². The molecule has 4 nitrogen and oxygen atoms in total. The van der Waals surface area contributed by atoms with Gasteiger partial charge in [-0.05, 0) is 32.6 Å². The Hall–Kier alpha value is -1.06. The molecule has 2 amide bonds. The molecule has 0 heterocycles. The second kappa shape index (κ2) is 9.06. The topological polar surface area (TPSA) is 72.2 Å². The molecule has 0 spiro atoms. The smallest absolute Gasteiger partial charge is 0.224 e. The largest absolute Gasteiger partial charge is 0.369 e. The summed E-state index contributed by atoms with van der Waals surface area (Å²) in [5.74, 6) is -0.289. The summed E-state index contributed by atoms with van der Waals surface area (Å²) in [4.78, 5) is 24.4. The number of nitrogens with one attached hydrogen (secondary N) is 1. The molecule has 1 unspecified atom stereocenters. The van der Waals surface area contributed by atoms with Gasteiger partial charge in [0.05, 0.1) is 0 Å². The quantitative estimate of drug-likeness (QED) is 0.686. The maximum atomic E-state index is 12.5. The zero-order valence-corrected chi connectivity index (χ0v) is 13.9. The molecule has 0 bridgehead atoms. The van der Waals surface area contributed by atoms with Crippen molar-refractivity contribution < 1.29 is 9.59 Å². The highest BCUT2D eigenvalue weighted by Gasteiger charge is 2.34. The van der Waals surface area contributed by atoms with Gasteiger partial charge in [-0.15, -0.1) is 0 Å². The van der Waals surface area contributed by atoms with Crippen molar-refractivity contribution in [2.45, 2.75) is 78.2 Å². The highest BCUT2D eigenvalue weighted by atomic mass is 16.2. The summed E-state index contributed by atoms with van der Waals surface area (Å²) in [6.45, 7) is 6.00. The van der Waals surface area contributed by atoms with Crippen molar-refractivity contribution in [3.05, 3.63) is 0 Å². The third-order valence-electron chi connectivity index (χ3n) is 4.55. The van der Waals surface area contributed by atoms with E-state index in [0.29, 0.717) is 5.92 Å². The number of unbranched alkanes of at least 4 members (excludes halogenated alkanes) is 1. The number of amides is 2.